The number of ether oxygens (including phenoxy) is 2. The maximum Gasteiger partial charge on any atom is 0.165 e. The highest BCUT2D eigenvalue weighted by molar-refractivity contribution is 5.30. The van der Waals surface area contributed by atoms with E-state index in [4.69, 9.17) is 9.47 Å². The summed E-state index contributed by atoms with van der Waals surface area (Å²) in [5.41, 5.74) is 0.976. The fourth-order valence-corrected chi connectivity index (χ4v) is 2.19. The van der Waals surface area contributed by atoms with Crippen LogP contribution in [0.25, 0.3) is 0 Å². The van der Waals surface area contributed by atoms with Crippen LogP contribution in [0.1, 0.15) is 11.4 Å². The van der Waals surface area contributed by atoms with Crippen molar-refractivity contribution in [3.05, 3.63) is 41.7 Å². The monoisotopic (exact) mass is 308 g/mol. The third-order valence-electron chi connectivity index (χ3n) is 3.31. The Hall–Kier alpha value is -1.99. The van der Waals surface area contributed by atoms with E-state index in [1.165, 1.54) is 13.2 Å². The molecule has 1 aromatic heterocycles. The molecule has 0 aliphatic carbocycles. The van der Waals surface area contributed by atoms with Crippen LogP contribution in [-0.2, 0) is 24.4 Å². The van der Waals surface area contributed by atoms with E-state index in [0.717, 1.165) is 17.9 Å². The van der Waals surface area contributed by atoms with Gasteiger partial charge in [-0.2, -0.15) is 0 Å². The molecule has 1 heterocycles. The predicted molar refractivity (Wildman–Crippen MR) is 80.0 cm³/mol. The Balaban J connectivity index is 1.98. The highest BCUT2D eigenvalue weighted by atomic mass is 19.1. The van der Waals surface area contributed by atoms with E-state index in [9.17, 15) is 4.39 Å². The normalized spacial score (nSPS) is 11.1. The molecule has 0 aliphatic rings. The van der Waals surface area contributed by atoms with Crippen molar-refractivity contribution in [1.82, 2.24) is 19.7 Å². The zero-order valence-corrected chi connectivity index (χ0v) is 13.1. The summed E-state index contributed by atoms with van der Waals surface area (Å²) in [6.07, 6.45) is 1.70. The molecule has 22 heavy (non-hydrogen) atoms. The Bertz CT molecular complexity index is 603. The number of nitrogens with zero attached hydrogens (tertiary/aromatic N) is 4. The summed E-state index contributed by atoms with van der Waals surface area (Å²) in [5, 5.41) is 8.06. The van der Waals surface area contributed by atoms with Crippen molar-refractivity contribution < 1.29 is 13.9 Å². The van der Waals surface area contributed by atoms with Crippen molar-refractivity contribution in [1.29, 1.82) is 0 Å². The van der Waals surface area contributed by atoms with E-state index in [0.29, 0.717) is 19.7 Å². The summed E-state index contributed by atoms with van der Waals surface area (Å²) in [6, 6.07) is 4.88. The van der Waals surface area contributed by atoms with Gasteiger partial charge in [-0.1, -0.05) is 6.07 Å². The maximum atomic E-state index is 13.4. The molecule has 0 fully saturated rings. The van der Waals surface area contributed by atoms with Crippen molar-refractivity contribution in [3.8, 4) is 5.75 Å². The van der Waals surface area contributed by atoms with Crippen LogP contribution in [0.2, 0.25) is 0 Å². The number of hydrogen-bond donors (Lipinski definition) is 0. The molecule has 0 spiro atoms. The van der Waals surface area contributed by atoms with Crippen LogP contribution in [0.15, 0.2) is 24.5 Å². The van der Waals surface area contributed by atoms with Gasteiger partial charge in [-0.3, -0.25) is 4.90 Å². The topological polar surface area (TPSA) is 52.4 Å². The standard InChI is InChI=1S/C15H21FN4O2/c1-19(9-12-4-5-13(16)14(8-12)22-3)10-15-18-17-11-20(15)6-7-21-2/h4-5,8,11H,6-7,9-10H2,1-3H3. The third-order valence-corrected chi connectivity index (χ3v) is 3.31. The lowest BCUT2D eigenvalue weighted by molar-refractivity contribution is 0.184. The molecule has 0 bridgehead atoms. The van der Waals surface area contributed by atoms with E-state index in [1.54, 1.807) is 25.6 Å². The molecule has 0 atom stereocenters. The lowest BCUT2D eigenvalue weighted by Gasteiger charge is -2.17. The Morgan fingerprint density at radius 1 is 1.27 bits per heavy atom. The van der Waals surface area contributed by atoms with Gasteiger partial charge in [0.25, 0.3) is 0 Å². The number of hydrogen-bond acceptors (Lipinski definition) is 5. The molecule has 7 heteroatoms. The molecule has 2 aromatic rings. The third kappa shape index (κ3) is 4.25. The molecule has 0 aliphatic heterocycles. The van der Waals surface area contributed by atoms with Crippen molar-refractivity contribution >= 4 is 0 Å². The summed E-state index contributed by atoms with van der Waals surface area (Å²) in [5.74, 6) is 0.774. The van der Waals surface area contributed by atoms with Crippen LogP contribution in [0.5, 0.6) is 5.75 Å². The number of methoxy groups -OCH3 is 2. The van der Waals surface area contributed by atoms with Crippen LogP contribution in [0.3, 0.4) is 0 Å². The molecule has 0 saturated carbocycles. The first-order valence-corrected chi connectivity index (χ1v) is 7.00. The maximum absolute atomic E-state index is 13.4. The lowest BCUT2D eigenvalue weighted by Crippen LogP contribution is -2.21. The van der Waals surface area contributed by atoms with Gasteiger partial charge in [0.05, 0.1) is 20.3 Å². The Morgan fingerprint density at radius 3 is 2.82 bits per heavy atom. The molecule has 0 N–H and O–H groups in total. The number of aromatic nitrogens is 3. The minimum atomic E-state index is -0.354. The Labute approximate surface area is 129 Å². The first-order valence-electron chi connectivity index (χ1n) is 7.00. The smallest absolute Gasteiger partial charge is 0.165 e. The average Bonchev–Trinajstić information content (AvgIpc) is 2.94. The van der Waals surface area contributed by atoms with E-state index in [-0.39, 0.29) is 11.6 Å². The van der Waals surface area contributed by atoms with Crippen molar-refractivity contribution in [3.63, 3.8) is 0 Å². The summed E-state index contributed by atoms with van der Waals surface area (Å²) in [4.78, 5) is 2.08. The molecule has 0 amide bonds. The van der Waals surface area contributed by atoms with Gasteiger partial charge in [0.2, 0.25) is 0 Å². The van der Waals surface area contributed by atoms with Crippen LogP contribution < -0.4 is 4.74 Å². The number of halogens is 1. The molecule has 120 valence electrons. The fourth-order valence-electron chi connectivity index (χ4n) is 2.19. The van der Waals surface area contributed by atoms with E-state index >= 15 is 0 Å². The minimum Gasteiger partial charge on any atom is -0.494 e. The molecule has 0 radical (unpaired) electrons. The van der Waals surface area contributed by atoms with Crippen molar-refractivity contribution in [2.24, 2.45) is 0 Å². The van der Waals surface area contributed by atoms with Gasteiger partial charge in [0.1, 0.15) is 12.2 Å². The highest BCUT2D eigenvalue weighted by Gasteiger charge is 2.10. The lowest BCUT2D eigenvalue weighted by atomic mass is 10.2. The van der Waals surface area contributed by atoms with Gasteiger partial charge in [-0.25, -0.2) is 4.39 Å². The SMILES string of the molecule is COCCn1cnnc1CN(C)Cc1ccc(F)c(OC)c1. The summed E-state index contributed by atoms with van der Waals surface area (Å²) in [7, 11) is 5.10. The van der Waals surface area contributed by atoms with Crippen LogP contribution in [0, 0.1) is 5.82 Å². The van der Waals surface area contributed by atoms with Crippen molar-refractivity contribution in [2.45, 2.75) is 19.6 Å². The van der Waals surface area contributed by atoms with Gasteiger partial charge in [-0.15, -0.1) is 10.2 Å². The van der Waals surface area contributed by atoms with E-state index < -0.39 is 0 Å². The summed E-state index contributed by atoms with van der Waals surface area (Å²) < 4.78 is 25.4. The molecule has 2 rings (SSSR count). The van der Waals surface area contributed by atoms with E-state index in [1.807, 2.05) is 11.6 Å². The summed E-state index contributed by atoms with van der Waals surface area (Å²) in [6.45, 7) is 2.64. The first-order chi connectivity index (χ1) is 10.6. The second kappa shape index (κ2) is 7.86. The van der Waals surface area contributed by atoms with Gasteiger partial charge in [0.15, 0.2) is 11.6 Å². The van der Waals surface area contributed by atoms with Crippen LogP contribution in [-0.4, -0.2) is 47.5 Å². The number of rotatable bonds is 8. The minimum absolute atomic E-state index is 0.258. The van der Waals surface area contributed by atoms with Crippen LogP contribution >= 0.6 is 0 Å². The predicted octanol–water partition coefficient (Wildman–Crippen LogP) is 1.70. The van der Waals surface area contributed by atoms with Gasteiger partial charge < -0.3 is 14.0 Å². The highest BCUT2D eigenvalue weighted by Crippen LogP contribution is 2.19. The molecular formula is C15H21FN4O2. The first kappa shape index (κ1) is 16.4. The van der Waals surface area contributed by atoms with Gasteiger partial charge >= 0.3 is 0 Å². The number of benzene rings is 1. The van der Waals surface area contributed by atoms with E-state index in [2.05, 4.69) is 15.1 Å². The molecular weight excluding hydrogens is 287 g/mol. The zero-order chi connectivity index (χ0) is 15.9. The Morgan fingerprint density at radius 2 is 2.09 bits per heavy atom. The second-order valence-electron chi connectivity index (χ2n) is 5.07. The van der Waals surface area contributed by atoms with Crippen LogP contribution in [0.4, 0.5) is 4.39 Å². The molecule has 1 aromatic carbocycles. The quantitative estimate of drug-likeness (QED) is 0.743. The van der Waals surface area contributed by atoms with Gasteiger partial charge in [-0.05, 0) is 24.7 Å². The molecule has 6 nitrogen and oxygen atoms in total. The molecule has 0 saturated heterocycles. The molecule has 0 unspecified atom stereocenters. The average molecular weight is 308 g/mol. The van der Waals surface area contributed by atoms with Crippen molar-refractivity contribution in [2.75, 3.05) is 27.9 Å². The second-order valence-corrected chi connectivity index (χ2v) is 5.07. The zero-order valence-electron chi connectivity index (χ0n) is 13.1. The Kier molecular flexibility index (Phi) is 5.85. The fraction of sp³-hybridized carbons (Fsp3) is 0.467. The van der Waals surface area contributed by atoms with Gasteiger partial charge in [0, 0.05) is 20.2 Å². The largest absolute Gasteiger partial charge is 0.494 e. The summed E-state index contributed by atoms with van der Waals surface area (Å²) >= 11 is 0.